The van der Waals surface area contributed by atoms with Crippen molar-refractivity contribution in [3.63, 3.8) is 0 Å². The summed E-state index contributed by atoms with van der Waals surface area (Å²) in [5, 5.41) is 9.87. The summed E-state index contributed by atoms with van der Waals surface area (Å²) in [4.78, 5) is 24.6. The third-order valence-corrected chi connectivity index (χ3v) is 5.78. The molecule has 6 heteroatoms. The first kappa shape index (κ1) is 16.9. The largest absolute Gasteiger partial charge is 0.349 e. The van der Waals surface area contributed by atoms with Gasteiger partial charge in [-0.15, -0.1) is 0 Å². The Labute approximate surface area is 152 Å². The predicted molar refractivity (Wildman–Crippen MR) is 97.9 cm³/mol. The van der Waals surface area contributed by atoms with E-state index in [0.29, 0.717) is 40.7 Å². The van der Waals surface area contributed by atoms with Gasteiger partial charge in [-0.3, -0.25) is 9.59 Å². The smallest absolute Gasteiger partial charge is 0.253 e. The predicted octanol–water partition coefficient (Wildman–Crippen LogP) is 3.09. The molecule has 2 bridgehead atoms. The van der Waals surface area contributed by atoms with Gasteiger partial charge in [0, 0.05) is 30.2 Å². The summed E-state index contributed by atoms with van der Waals surface area (Å²) in [5.74, 6) is 0.296. The van der Waals surface area contributed by atoms with Crippen molar-refractivity contribution in [1.29, 1.82) is 0 Å². The molecule has 3 N–H and O–H groups in total. The fourth-order valence-electron chi connectivity index (χ4n) is 4.08. The number of amides is 2. The van der Waals surface area contributed by atoms with E-state index < -0.39 is 0 Å². The summed E-state index contributed by atoms with van der Waals surface area (Å²) >= 11 is 6.15. The Bertz CT molecular complexity index is 677. The van der Waals surface area contributed by atoms with Crippen molar-refractivity contribution in [3.05, 3.63) is 28.8 Å². The van der Waals surface area contributed by atoms with Crippen LogP contribution in [0.5, 0.6) is 0 Å². The van der Waals surface area contributed by atoms with Crippen LogP contribution < -0.4 is 16.0 Å². The zero-order valence-electron chi connectivity index (χ0n) is 14.2. The molecule has 1 saturated carbocycles. The van der Waals surface area contributed by atoms with Gasteiger partial charge in [0.1, 0.15) is 0 Å². The minimum absolute atomic E-state index is 0.0159. The molecular weight excluding hydrogens is 338 g/mol. The van der Waals surface area contributed by atoms with Crippen LogP contribution in [0.4, 0.5) is 5.69 Å². The highest BCUT2D eigenvalue weighted by Gasteiger charge is 2.34. The fraction of sp³-hybridized carbons (Fsp3) is 0.579. The zero-order chi connectivity index (χ0) is 17.4. The highest BCUT2D eigenvalue weighted by atomic mass is 35.5. The number of anilines is 1. The molecule has 1 aromatic carbocycles. The van der Waals surface area contributed by atoms with Crippen molar-refractivity contribution >= 4 is 29.1 Å². The Morgan fingerprint density at radius 1 is 1.12 bits per heavy atom. The van der Waals surface area contributed by atoms with Crippen molar-refractivity contribution < 1.29 is 9.59 Å². The molecule has 2 atom stereocenters. The quantitative estimate of drug-likeness (QED) is 0.754. The first-order chi connectivity index (χ1) is 12.1. The number of carbonyl (C=O) groups is 2. The number of rotatable bonds is 5. The van der Waals surface area contributed by atoms with Crippen LogP contribution >= 0.6 is 11.6 Å². The molecule has 3 fully saturated rings. The summed E-state index contributed by atoms with van der Waals surface area (Å²) < 4.78 is 0. The molecular formula is C19H24ClN3O2. The molecule has 2 unspecified atom stereocenters. The van der Waals surface area contributed by atoms with Gasteiger partial charge in [-0.05, 0) is 62.6 Å². The maximum atomic E-state index is 12.4. The molecule has 2 saturated heterocycles. The van der Waals surface area contributed by atoms with Crippen molar-refractivity contribution in [1.82, 2.24) is 10.6 Å². The van der Waals surface area contributed by atoms with Gasteiger partial charge in [0.25, 0.3) is 5.91 Å². The molecule has 5 nitrogen and oxygen atoms in total. The molecule has 0 radical (unpaired) electrons. The van der Waals surface area contributed by atoms with Crippen LogP contribution in [0.15, 0.2) is 18.2 Å². The fourth-order valence-corrected chi connectivity index (χ4v) is 4.29. The lowest BCUT2D eigenvalue weighted by Gasteiger charge is -2.28. The summed E-state index contributed by atoms with van der Waals surface area (Å²) in [6.45, 7) is 0. The molecule has 25 heavy (non-hydrogen) atoms. The number of nitrogens with one attached hydrogen (secondary N) is 3. The van der Waals surface area contributed by atoms with E-state index in [1.807, 2.05) is 0 Å². The Morgan fingerprint density at radius 2 is 1.84 bits per heavy atom. The van der Waals surface area contributed by atoms with E-state index in [9.17, 15) is 9.59 Å². The van der Waals surface area contributed by atoms with E-state index in [-0.39, 0.29) is 17.9 Å². The highest BCUT2D eigenvalue weighted by molar-refractivity contribution is 6.34. The van der Waals surface area contributed by atoms with Crippen LogP contribution in [0, 0.1) is 5.92 Å². The van der Waals surface area contributed by atoms with Crippen LogP contribution in [-0.2, 0) is 4.79 Å². The van der Waals surface area contributed by atoms with Crippen LogP contribution in [0.3, 0.4) is 0 Å². The van der Waals surface area contributed by atoms with Gasteiger partial charge in [0.2, 0.25) is 5.91 Å². The molecule has 2 heterocycles. The standard InChI is InChI=1S/C19H24ClN3O2/c20-17-6-5-15(10-16(17)19(25)23-12-1-2-12)22-18(24)9-11-7-13-3-4-14(8-11)21-13/h5-6,10-14,21H,1-4,7-9H2,(H,22,24)(H,23,25). The molecule has 0 spiro atoms. The SMILES string of the molecule is O=C(CC1CC2CCC(C1)N2)Nc1ccc(Cl)c(C(=O)NC2CC2)c1. The lowest BCUT2D eigenvalue weighted by molar-refractivity contribution is -0.117. The number of fused-ring (bicyclic) bond motifs is 2. The monoisotopic (exact) mass is 361 g/mol. The Morgan fingerprint density at radius 3 is 2.52 bits per heavy atom. The maximum Gasteiger partial charge on any atom is 0.253 e. The zero-order valence-corrected chi connectivity index (χ0v) is 14.9. The van der Waals surface area contributed by atoms with E-state index in [1.54, 1.807) is 18.2 Å². The number of hydrogen-bond acceptors (Lipinski definition) is 3. The second-order valence-corrected chi connectivity index (χ2v) is 8.08. The van der Waals surface area contributed by atoms with Crippen LogP contribution in [-0.4, -0.2) is 29.9 Å². The van der Waals surface area contributed by atoms with Gasteiger partial charge in [0.05, 0.1) is 10.6 Å². The van der Waals surface area contributed by atoms with E-state index in [1.165, 1.54) is 12.8 Å². The summed E-state index contributed by atoms with van der Waals surface area (Å²) in [6, 6.07) is 6.54. The first-order valence-electron chi connectivity index (χ1n) is 9.23. The molecule has 2 amide bonds. The second kappa shape index (κ2) is 6.96. The van der Waals surface area contributed by atoms with Crippen molar-refractivity contribution in [2.24, 2.45) is 5.92 Å². The van der Waals surface area contributed by atoms with Gasteiger partial charge in [-0.1, -0.05) is 11.6 Å². The third kappa shape index (κ3) is 4.15. The van der Waals surface area contributed by atoms with Crippen molar-refractivity contribution in [3.8, 4) is 0 Å². The number of hydrogen-bond donors (Lipinski definition) is 3. The molecule has 134 valence electrons. The van der Waals surface area contributed by atoms with Gasteiger partial charge in [-0.25, -0.2) is 0 Å². The van der Waals surface area contributed by atoms with Gasteiger partial charge >= 0.3 is 0 Å². The first-order valence-corrected chi connectivity index (χ1v) is 9.61. The maximum absolute atomic E-state index is 12.4. The second-order valence-electron chi connectivity index (χ2n) is 7.67. The Kier molecular flexibility index (Phi) is 4.69. The molecule has 1 aliphatic carbocycles. The number of halogens is 1. The topological polar surface area (TPSA) is 70.2 Å². The number of benzene rings is 1. The minimum Gasteiger partial charge on any atom is -0.349 e. The van der Waals surface area contributed by atoms with E-state index in [2.05, 4.69) is 16.0 Å². The normalized spacial score (nSPS) is 27.8. The molecule has 4 rings (SSSR count). The average molecular weight is 362 g/mol. The van der Waals surface area contributed by atoms with Crippen LogP contribution in [0.2, 0.25) is 5.02 Å². The van der Waals surface area contributed by atoms with Crippen LogP contribution in [0.1, 0.15) is 55.3 Å². The lowest BCUT2D eigenvalue weighted by atomic mass is 9.89. The summed E-state index contributed by atoms with van der Waals surface area (Å²) in [7, 11) is 0. The van der Waals surface area contributed by atoms with Gasteiger partial charge < -0.3 is 16.0 Å². The summed E-state index contributed by atoms with van der Waals surface area (Å²) in [6.07, 6.45) is 7.23. The number of piperidine rings is 1. The van der Waals surface area contributed by atoms with Gasteiger partial charge in [0.15, 0.2) is 0 Å². The minimum atomic E-state index is -0.168. The lowest BCUT2D eigenvalue weighted by Crippen LogP contribution is -2.39. The van der Waals surface area contributed by atoms with Crippen LogP contribution in [0.25, 0.3) is 0 Å². The van der Waals surface area contributed by atoms with Crippen molar-refractivity contribution in [2.45, 2.75) is 63.1 Å². The molecule has 3 aliphatic rings. The van der Waals surface area contributed by atoms with E-state index in [4.69, 9.17) is 11.6 Å². The molecule has 2 aliphatic heterocycles. The molecule has 0 aromatic heterocycles. The average Bonchev–Trinajstić information content (AvgIpc) is 3.32. The van der Waals surface area contributed by atoms with Gasteiger partial charge in [-0.2, -0.15) is 0 Å². The van der Waals surface area contributed by atoms with E-state index in [0.717, 1.165) is 25.7 Å². The Hall–Kier alpha value is -1.59. The highest BCUT2D eigenvalue weighted by Crippen LogP contribution is 2.33. The van der Waals surface area contributed by atoms with Crippen molar-refractivity contribution in [2.75, 3.05) is 5.32 Å². The Balaban J connectivity index is 1.36. The number of carbonyl (C=O) groups excluding carboxylic acids is 2. The third-order valence-electron chi connectivity index (χ3n) is 5.45. The van der Waals surface area contributed by atoms with E-state index >= 15 is 0 Å². The molecule has 1 aromatic rings. The summed E-state index contributed by atoms with van der Waals surface area (Å²) in [5.41, 5.74) is 1.05.